The highest BCUT2D eigenvalue weighted by Crippen LogP contribution is 2.37. The molecule has 0 radical (unpaired) electrons. The van der Waals surface area contributed by atoms with E-state index in [1.807, 2.05) is 50.2 Å². The van der Waals surface area contributed by atoms with Crippen LogP contribution in [0.15, 0.2) is 58.5 Å². The molecule has 0 aliphatic heterocycles. The molecule has 0 aliphatic carbocycles. The summed E-state index contributed by atoms with van der Waals surface area (Å²) in [4.78, 5) is 13.1. The van der Waals surface area contributed by atoms with Gasteiger partial charge in [0, 0.05) is 12.1 Å². The van der Waals surface area contributed by atoms with Crippen LogP contribution in [-0.2, 0) is 21.4 Å². The molecule has 0 aliphatic rings. The number of methoxy groups -OCH3 is 3. The van der Waals surface area contributed by atoms with Gasteiger partial charge < -0.3 is 14.2 Å². The first-order valence-corrected chi connectivity index (χ1v) is 13.7. The minimum absolute atomic E-state index is 0.0272. The molecule has 0 fully saturated rings. The number of ether oxygens (including phenoxy) is 3. The Morgan fingerprint density at radius 2 is 1.44 bits per heavy atom. The second-order valence-corrected chi connectivity index (χ2v) is 11.1. The van der Waals surface area contributed by atoms with Gasteiger partial charge in [0.1, 0.15) is 0 Å². The maximum Gasteiger partial charge on any atom is 0.255 e. The highest BCUT2D eigenvalue weighted by atomic mass is 32.2. The smallest absolute Gasteiger partial charge is 0.255 e. The van der Waals surface area contributed by atoms with Crippen LogP contribution in [-0.4, -0.2) is 52.7 Å². The molecule has 3 aromatic carbocycles. The largest absolute Gasteiger partial charge is 0.493 e. The average molecular weight is 554 g/mol. The molecular formula is C29H35N3O6S. The second-order valence-electron chi connectivity index (χ2n) is 9.24. The number of carbonyl (C=O) groups excluding carboxylic acids is 1. The number of sulfonamides is 1. The second kappa shape index (κ2) is 12.8. The molecule has 0 aromatic heterocycles. The summed E-state index contributed by atoms with van der Waals surface area (Å²) >= 11 is 0. The van der Waals surface area contributed by atoms with Crippen LogP contribution in [0.4, 0.5) is 0 Å². The Hall–Kier alpha value is -3.89. The number of hydrazone groups is 1. The molecule has 0 heterocycles. The lowest BCUT2D eigenvalue weighted by Crippen LogP contribution is -2.39. The summed E-state index contributed by atoms with van der Waals surface area (Å²) in [7, 11) is 0.494. The van der Waals surface area contributed by atoms with Crippen molar-refractivity contribution >= 4 is 22.1 Å². The van der Waals surface area contributed by atoms with Crippen molar-refractivity contribution in [1.29, 1.82) is 0 Å². The van der Waals surface area contributed by atoms with E-state index in [-0.39, 0.29) is 11.4 Å². The zero-order valence-electron chi connectivity index (χ0n) is 23.4. The van der Waals surface area contributed by atoms with E-state index < -0.39 is 22.5 Å². The predicted octanol–water partition coefficient (Wildman–Crippen LogP) is 4.29. The van der Waals surface area contributed by atoms with Gasteiger partial charge in [0.25, 0.3) is 5.91 Å². The van der Waals surface area contributed by atoms with Crippen molar-refractivity contribution in [2.45, 2.75) is 39.1 Å². The molecule has 3 rings (SSSR count). The molecular weight excluding hydrogens is 518 g/mol. The van der Waals surface area contributed by atoms with Crippen molar-refractivity contribution in [3.05, 3.63) is 81.9 Å². The number of carbonyl (C=O) groups is 1. The van der Waals surface area contributed by atoms with Crippen molar-refractivity contribution < 1.29 is 27.4 Å². The lowest BCUT2D eigenvalue weighted by molar-refractivity contribution is -0.121. The Bertz CT molecular complexity index is 1420. The van der Waals surface area contributed by atoms with E-state index in [1.165, 1.54) is 31.8 Å². The van der Waals surface area contributed by atoms with Crippen LogP contribution < -0.4 is 19.6 Å². The van der Waals surface area contributed by atoms with Gasteiger partial charge in [0.15, 0.2) is 11.5 Å². The van der Waals surface area contributed by atoms with Crippen molar-refractivity contribution in [1.82, 2.24) is 9.73 Å². The van der Waals surface area contributed by atoms with Crippen LogP contribution in [0.5, 0.6) is 17.2 Å². The van der Waals surface area contributed by atoms with Crippen molar-refractivity contribution in [2.24, 2.45) is 5.10 Å². The summed E-state index contributed by atoms with van der Waals surface area (Å²) in [5, 5.41) is 4.02. The fraction of sp³-hybridized carbons (Fsp3) is 0.310. The van der Waals surface area contributed by atoms with Gasteiger partial charge in [0.05, 0.1) is 39.0 Å². The molecule has 3 aromatic rings. The van der Waals surface area contributed by atoms with Gasteiger partial charge in [0.2, 0.25) is 15.8 Å². The summed E-state index contributed by atoms with van der Waals surface area (Å²) in [5.74, 6) is 0.712. The standard InChI is InChI=1S/C29H35N3O6S/c1-19-8-10-23(11-9-19)17-32(39(34,35)29-21(3)12-20(2)13-22(29)4)18-27(33)31-30-16-24-14-25(36-5)28(38-7)26(15-24)37-6/h8-16H,17-18H2,1-7H3,(H,31,33). The molecule has 0 saturated carbocycles. The number of aryl methyl sites for hydroxylation is 4. The van der Waals surface area contributed by atoms with Crippen LogP contribution in [0.25, 0.3) is 0 Å². The van der Waals surface area contributed by atoms with Gasteiger partial charge in [-0.1, -0.05) is 47.5 Å². The van der Waals surface area contributed by atoms with E-state index in [2.05, 4.69) is 10.5 Å². The molecule has 39 heavy (non-hydrogen) atoms. The Kier molecular flexibility index (Phi) is 9.71. The van der Waals surface area contributed by atoms with Gasteiger partial charge in [-0.05, 0) is 56.5 Å². The SMILES string of the molecule is COc1cc(C=NNC(=O)CN(Cc2ccc(C)cc2)S(=O)(=O)c2c(C)cc(C)cc2C)cc(OC)c1OC. The summed E-state index contributed by atoms with van der Waals surface area (Å²) in [6.07, 6.45) is 1.41. The number of nitrogens with zero attached hydrogens (tertiary/aromatic N) is 2. The Morgan fingerprint density at radius 3 is 1.95 bits per heavy atom. The van der Waals surface area contributed by atoms with Crippen LogP contribution in [0.1, 0.15) is 33.4 Å². The van der Waals surface area contributed by atoms with Crippen LogP contribution in [0.3, 0.4) is 0 Å². The van der Waals surface area contributed by atoms with Crippen molar-refractivity contribution in [3.8, 4) is 17.2 Å². The Labute approximate surface area is 230 Å². The third-order valence-electron chi connectivity index (χ3n) is 6.09. The molecule has 0 spiro atoms. The topological polar surface area (TPSA) is 107 Å². The number of amides is 1. The highest BCUT2D eigenvalue weighted by Gasteiger charge is 2.30. The third kappa shape index (κ3) is 7.15. The molecule has 10 heteroatoms. The summed E-state index contributed by atoms with van der Waals surface area (Å²) < 4.78 is 44.9. The van der Waals surface area contributed by atoms with E-state index in [9.17, 15) is 13.2 Å². The van der Waals surface area contributed by atoms with Crippen molar-refractivity contribution in [3.63, 3.8) is 0 Å². The average Bonchev–Trinajstić information content (AvgIpc) is 2.88. The van der Waals surface area contributed by atoms with Gasteiger partial charge >= 0.3 is 0 Å². The molecule has 1 amide bonds. The summed E-state index contributed by atoms with van der Waals surface area (Å²) in [6.45, 7) is 7.00. The predicted molar refractivity (Wildman–Crippen MR) is 151 cm³/mol. The van der Waals surface area contributed by atoms with E-state index >= 15 is 0 Å². The van der Waals surface area contributed by atoms with Crippen LogP contribution in [0.2, 0.25) is 0 Å². The number of hydrogen-bond acceptors (Lipinski definition) is 7. The molecule has 9 nitrogen and oxygen atoms in total. The zero-order valence-corrected chi connectivity index (χ0v) is 24.2. The molecule has 0 unspecified atom stereocenters. The van der Waals surface area contributed by atoms with E-state index in [0.29, 0.717) is 33.9 Å². The Balaban J connectivity index is 1.87. The first-order chi connectivity index (χ1) is 18.5. The van der Waals surface area contributed by atoms with Gasteiger partial charge in [-0.15, -0.1) is 0 Å². The van der Waals surface area contributed by atoms with Gasteiger partial charge in [-0.25, -0.2) is 13.8 Å². The number of benzene rings is 3. The van der Waals surface area contributed by atoms with E-state index in [4.69, 9.17) is 14.2 Å². The molecule has 1 N–H and O–H groups in total. The number of hydrogen-bond donors (Lipinski definition) is 1. The van der Waals surface area contributed by atoms with Crippen molar-refractivity contribution in [2.75, 3.05) is 27.9 Å². The molecule has 0 saturated heterocycles. The highest BCUT2D eigenvalue weighted by molar-refractivity contribution is 7.89. The van der Waals surface area contributed by atoms with Crippen LogP contribution >= 0.6 is 0 Å². The maximum absolute atomic E-state index is 13.9. The first kappa shape index (κ1) is 29.7. The van der Waals surface area contributed by atoms with E-state index in [0.717, 1.165) is 16.7 Å². The van der Waals surface area contributed by atoms with E-state index in [1.54, 1.807) is 26.0 Å². The molecule has 0 atom stereocenters. The van der Waals surface area contributed by atoms with Gasteiger partial charge in [-0.2, -0.15) is 9.41 Å². The molecule has 0 bridgehead atoms. The first-order valence-electron chi connectivity index (χ1n) is 12.3. The summed E-state index contributed by atoms with van der Waals surface area (Å²) in [5.41, 5.74) is 7.05. The normalized spacial score (nSPS) is 11.6. The third-order valence-corrected chi connectivity index (χ3v) is 8.19. The summed E-state index contributed by atoms with van der Waals surface area (Å²) in [6, 6.07) is 14.5. The fourth-order valence-corrected chi connectivity index (χ4v) is 6.17. The quantitative estimate of drug-likeness (QED) is 0.281. The monoisotopic (exact) mass is 553 g/mol. The maximum atomic E-state index is 13.9. The fourth-order valence-electron chi connectivity index (χ4n) is 4.38. The van der Waals surface area contributed by atoms with Crippen LogP contribution in [0, 0.1) is 27.7 Å². The Morgan fingerprint density at radius 1 is 0.872 bits per heavy atom. The zero-order chi connectivity index (χ0) is 28.7. The number of rotatable bonds is 11. The van der Waals surface area contributed by atoms with Gasteiger partial charge in [-0.3, -0.25) is 4.79 Å². The molecule has 208 valence electrons. The minimum Gasteiger partial charge on any atom is -0.493 e. The number of nitrogens with one attached hydrogen (secondary N) is 1. The lowest BCUT2D eigenvalue weighted by Gasteiger charge is -2.24. The lowest BCUT2D eigenvalue weighted by atomic mass is 10.1. The minimum atomic E-state index is -4.01.